The normalized spacial score (nSPS) is 13.4. The van der Waals surface area contributed by atoms with Gasteiger partial charge in [-0.1, -0.05) is 64.5 Å². The van der Waals surface area contributed by atoms with E-state index in [1.54, 1.807) is 6.07 Å². The summed E-state index contributed by atoms with van der Waals surface area (Å²) in [5.41, 5.74) is -18.6. The molecule has 2 fully saturated rings. The van der Waals surface area contributed by atoms with Crippen molar-refractivity contribution in [3.63, 3.8) is 0 Å². The number of alkyl halides is 9. The van der Waals surface area contributed by atoms with Crippen molar-refractivity contribution in [2.75, 3.05) is 6.26 Å². The maximum absolute atomic E-state index is 14.9. The van der Waals surface area contributed by atoms with Gasteiger partial charge in [0.25, 0.3) is 32.4 Å². The second-order valence-electron chi connectivity index (χ2n) is 16.2. The molecule has 0 amide bonds. The van der Waals surface area contributed by atoms with E-state index < -0.39 is 131 Å². The van der Waals surface area contributed by atoms with Gasteiger partial charge in [-0.15, -0.1) is 3.63 Å². The summed E-state index contributed by atoms with van der Waals surface area (Å²) in [6, 6.07) is 7.07. The van der Waals surface area contributed by atoms with Crippen LogP contribution in [0.4, 0.5) is 35.1 Å². The van der Waals surface area contributed by atoms with Crippen LogP contribution in [0.15, 0.2) is 65.2 Å². The zero-order valence-electron chi connectivity index (χ0n) is 39.0. The average molecular weight is 1510 g/mol. The molecule has 2 aromatic carbocycles. The third kappa shape index (κ3) is 15.8. The van der Waals surface area contributed by atoms with E-state index >= 15 is 0 Å². The van der Waals surface area contributed by atoms with Crippen molar-refractivity contribution in [3.8, 4) is 22.9 Å². The molecule has 0 saturated heterocycles. The molecule has 0 unspecified atom stereocenters. The lowest BCUT2D eigenvalue weighted by Gasteiger charge is -2.20. The van der Waals surface area contributed by atoms with E-state index in [9.17, 15) is 94.3 Å². The molecule has 2 aliphatic rings. The SMILES string of the molecule is C.C.C.C.CS(=O)(=O)OS(=O)(=O)C(F)(F)F.Cc1c(O)c2c(=O)n(C3CC3)c(=O)n(-c3ccc(I)cc3F)c2n(C)c1=O.Cc1c(OS(=O)(=O)C(F)(F)F)c2c(=O)n(C3CC3)c(=O)n(-c3ccc(I)cc3F)c2n(C)c1=O.ClC(Cl)Cl. The lowest BCUT2D eigenvalue weighted by atomic mass is 10.2. The third-order valence-corrected chi connectivity index (χ3v) is 15.2. The van der Waals surface area contributed by atoms with Crippen LogP contribution >= 0.6 is 80.0 Å². The summed E-state index contributed by atoms with van der Waals surface area (Å²) in [7, 11) is -14.5. The van der Waals surface area contributed by atoms with Crippen LogP contribution in [-0.2, 0) is 48.1 Å². The molecule has 0 atom stereocenters. The van der Waals surface area contributed by atoms with E-state index in [-0.39, 0.29) is 64.3 Å². The minimum Gasteiger partial charge on any atom is -0.506 e. The van der Waals surface area contributed by atoms with Crippen LogP contribution in [0.25, 0.3) is 33.4 Å². The van der Waals surface area contributed by atoms with Crippen molar-refractivity contribution in [1.29, 1.82) is 0 Å². The van der Waals surface area contributed by atoms with Crippen molar-refractivity contribution >= 4 is 132 Å². The molecule has 0 radical (unpaired) electrons. The summed E-state index contributed by atoms with van der Waals surface area (Å²) in [5, 5.41) is 9.56. The summed E-state index contributed by atoms with van der Waals surface area (Å²) < 4.78 is 179. The fourth-order valence-electron chi connectivity index (χ4n) is 7.07. The topological polar surface area (TPSA) is 273 Å². The summed E-state index contributed by atoms with van der Waals surface area (Å²) in [6.45, 7) is 2.38. The van der Waals surface area contributed by atoms with E-state index in [2.05, 4.69) is 7.81 Å². The quantitative estimate of drug-likeness (QED) is 0.0490. The van der Waals surface area contributed by atoms with Crippen molar-refractivity contribution in [1.82, 2.24) is 27.4 Å². The van der Waals surface area contributed by atoms with Gasteiger partial charge in [-0.2, -0.15) is 51.6 Å². The molecule has 0 spiro atoms. The molecule has 4 aromatic heterocycles. The van der Waals surface area contributed by atoms with Gasteiger partial charge in [0.15, 0.2) is 10.0 Å². The number of benzene rings is 2. The number of halogens is 13. The van der Waals surface area contributed by atoms with E-state index in [0.717, 1.165) is 38.3 Å². The first-order chi connectivity index (χ1) is 35.1. The Kier molecular flexibility index (Phi) is 24.8. The molecule has 21 nitrogen and oxygen atoms in total. The Morgan fingerprint density at radius 3 is 1.25 bits per heavy atom. The van der Waals surface area contributed by atoms with Gasteiger partial charge in [-0.25, -0.2) is 27.5 Å². The molecule has 8 rings (SSSR count). The highest BCUT2D eigenvalue weighted by Crippen LogP contribution is 2.37. The van der Waals surface area contributed by atoms with Crippen LogP contribution in [-0.4, -0.2) is 79.3 Å². The smallest absolute Gasteiger partial charge is 0.506 e. The van der Waals surface area contributed by atoms with Gasteiger partial charge in [0.05, 0.1) is 28.8 Å². The summed E-state index contributed by atoms with van der Waals surface area (Å²) in [4.78, 5) is 78.0. The van der Waals surface area contributed by atoms with Crippen LogP contribution in [0.2, 0.25) is 0 Å². The number of nitrogens with zero attached hydrogens (tertiary/aromatic N) is 6. The molecular weight excluding hydrogens is 1460 g/mol. The zero-order chi connectivity index (χ0) is 58.7. The molecule has 37 heteroatoms. The Labute approximate surface area is 497 Å². The summed E-state index contributed by atoms with van der Waals surface area (Å²) in [6.07, 6.45) is 2.27. The van der Waals surface area contributed by atoms with E-state index in [0.29, 0.717) is 42.0 Å². The molecule has 1 N–H and O–H groups in total. The highest BCUT2D eigenvalue weighted by molar-refractivity contribution is 14.1. The Bertz CT molecular complexity index is 4140. The second-order valence-corrected chi connectivity index (χ2v) is 25.5. The number of hydrogen-bond acceptors (Lipinski definition) is 15. The van der Waals surface area contributed by atoms with Gasteiger partial charge in [-0.3, -0.25) is 37.4 Å². The van der Waals surface area contributed by atoms with Gasteiger partial charge in [-0.05, 0) is 121 Å². The standard InChI is InChI=1S/C19H14F4IN3O6S.C18H15FIN3O4.C2H3F3O5S2.CHCl3.4CH4/c1-8-14(33-34(31,32)19(21,22)23)13-15(25(2)16(8)28)27(12-6-3-9(24)7-11(12)20)18(30)26(17(13)29)10-4-5-10;1-8-14(24)13-15(21(2)16(8)25)23(12-6-3-9(20)7-11(12)19)18(27)22(17(13)26)10-4-5-10;1-11(6,7)10-12(8,9)2(3,4)5;2-1(3)4;;;;/h3,6-7,10H,4-5H2,1-2H3;3,6-7,10,24H,4-5H2,1-2H3;1H3;1H;4*1H4. The van der Waals surface area contributed by atoms with Crippen LogP contribution in [0.5, 0.6) is 11.5 Å². The second kappa shape index (κ2) is 27.0. The number of hydrogen-bond donors (Lipinski definition) is 1. The van der Waals surface area contributed by atoms with E-state index in [1.165, 1.54) is 38.2 Å². The first-order valence-corrected chi connectivity index (χ1v) is 28.8. The fourth-order valence-corrected chi connectivity index (χ4v) is 10.1. The molecule has 0 bridgehead atoms. The largest absolute Gasteiger partial charge is 0.534 e. The van der Waals surface area contributed by atoms with Gasteiger partial charge >= 0.3 is 42.6 Å². The highest BCUT2D eigenvalue weighted by Gasteiger charge is 2.50. The predicted molar refractivity (Wildman–Crippen MR) is 306 cm³/mol. The highest BCUT2D eigenvalue weighted by atomic mass is 127. The molecule has 4 heterocycles. The predicted octanol–water partition coefficient (Wildman–Crippen LogP) is 8.75. The van der Waals surface area contributed by atoms with Crippen LogP contribution in [0.1, 0.15) is 78.6 Å². The first kappa shape index (κ1) is 74.4. The lowest BCUT2D eigenvalue weighted by molar-refractivity contribution is -0.0503. The summed E-state index contributed by atoms with van der Waals surface area (Å²) >= 11 is 18.2. The molecule has 2 aliphatic carbocycles. The first-order valence-electron chi connectivity index (χ1n) is 20.7. The molecule has 81 heavy (non-hydrogen) atoms. The number of fused-ring (bicyclic) bond motifs is 2. The lowest BCUT2D eigenvalue weighted by Crippen LogP contribution is -2.42. The zero-order valence-corrected chi connectivity index (χ0v) is 48.0. The van der Waals surface area contributed by atoms with E-state index in [4.69, 9.17) is 34.8 Å². The number of aromatic hydroxyl groups is 1. The number of aryl methyl sites for hydroxylation is 2. The van der Waals surface area contributed by atoms with Crippen molar-refractivity contribution in [2.24, 2.45) is 14.1 Å². The number of pyridine rings is 2. The van der Waals surface area contributed by atoms with Crippen molar-refractivity contribution in [2.45, 2.75) is 96.6 Å². The molecule has 0 aliphatic heterocycles. The molecule has 454 valence electrons. The van der Waals surface area contributed by atoms with Gasteiger partial charge in [0.2, 0.25) is 0 Å². The Hall–Kier alpha value is -4.60. The van der Waals surface area contributed by atoms with Gasteiger partial charge < -0.3 is 9.29 Å². The van der Waals surface area contributed by atoms with Gasteiger partial charge in [0.1, 0.15) is 39.5 Å². The van der Waals surface area contributed by atoms with Gasteiger partial charge in [0, 0.05) is 33.3 Å². The minimum absolute atomic E-state index is 0. The molecule has 2 saturated carbocycles. The van der Waals surface area contributed by atoms with Crippen LogP contribution in [0, 0.1) is 32.6 Å². The van der Waals surface area contributed by atoms with E-state index in [1.807, 2.05) is 45.2 Å². The Balaban J connectivity index is 0.000000624. The maximum Gasteiger partial charge on any atom is 0.534 e. The summed E-state index contributed by atoms with van der Waals surface area (Å²) in [5.74, 6) is -3.24. The number of aromatic nitrogens is 6. The fraction of sp³-hybridized carbons (Fsp3) is 0.409. The Morgan fingerprint density at radius 1 is 0.605 bits per heavy atom. The number of rotatable bonds is 8. The van der Waals surface area contributed by atoms with Crippen LogP contribution < -0.4 is 37.8 Å². The van der Waals surface area contributed by atoms with Crippen molar-refractivity contribution < 1.29 is 73.3 Å². The van der Waals surface area contributed by atoms with Crippen molar-refractivity contribution in [3.05, 3.63) is 129 Å². The maximum atomic E-state index is 14.9. The molecular formula is C44H49Cl3F8I2N6O15S3. The Morgan fingerprint density at radius 2 is 0.938 bits per heavy atom. The average Bonchev–Trinajstić information content (AvgIpc) is 4.22. The van der Waals surface area contributed by atoms with Crippen LogP contribution in [0.3, 0.4) is 0 Å². The monoisotopic (exact) mass is 1510 g/mol. The third-order valence-electron chi connectivity index (χ3n) is 10.7. The molecule has 6 aromatic rings. The minimum atomic E-state index is -6.29.